The Kier molecular flexibility index (Phi) is 5.83. The number of hydrogen-bond donors (Lipinski definition) is 3. The number of phenolic OH excluding ortho intramolecular Hbond substituents is 1. The highest BCUT2D eigenvalue weighted by Crippen LogP contribution is 2.32. The summed E-state index contributed by atoms with van der Waals surface area (Å²) < 4.78 is 0.754. The second kappa shape index (κ2) is 7.84. The summed E-state index contributed by atoms with van der Waals surface area (Å²) in [5.41, 5.74) is 1.85. The molecule has 0 spiro atoms. The van der Waals surface area contributed by atoms with Crippen LogP contribution in [0.4, 0.5) is 16.2 Å². The topological polar surface area (TPSA) is 85.2 Å². The van der Waals surface area contributed by atoms with Crippen molar-refractivity contribution in [2.24, 2.45) is 5.92 Å². The molecule has 0 heterocycles. The molecule has 6 heteroatoms. The fourth-order valence-corrected chi connectivity index (χ4v) is 2.68. The smallest absolute Gasteiger partial charge is 0.323 e. The summed E-state index contributed by atoms with van der Waals surface area (Å²) >= 11 is 3.35. The normalized spacial score (nSPS) is 10.3. The van der Waals surface area contributed by atoms with Crippen molar-refractivity contribution in [3.8, 4) is 11.8 Å². The third-order valence-electron chi connectivity index (χ3n) is 3.39. The van der Waals surface area contributed by atoms with E-state index in [0.717, 1.165) is 4.47 Å². The number of benzene rings is 2. The molecule has 2 aromatic rings. The van der Waals surface area contributed by atoms with E-state index in [0.29, 0.717) is 23.2 Å². The van der Waals surface area contributed by atoms with Gasteiger partial charge in [0.2, 0.25) is 0 Å². The Hall–Kier alpha value is -2.52. The average Bonchev–Trinajstić information content (AvgIpc) is 2.53. The van der Waals surface area contributed by atoms with E-state index in [1.54, 1.807) is 18.2 Å². The fourth-order valence-electron chi connectivity index (χ4n) is 2.30. The molecule has 0 aliphatic heterocycles. The Bertz CT molecular complexity index is 797. The maximum atomic E-state index is 12.2. The van der Waals surface area contributed by atoms with Gasteiger partial charge in [-0.2, -0.15) is 5.26 Å². The first kappa shape index (κ1) is 17.8. The molecule has 0 aliphatic carbocycles. The van der Waals surface area contributed by atoms with Crippen LogP contribution in [0, 0.1) is 17.2 Å². The van der Waals surface area contributed by atoms with E-state index in [2.05, 4.69) is 32.6 Å². The second-order valence-corrected chi connectivity index (χ2v) is 6.61. The van der Waals surface area contributed by atoms with Gasteiger partial charge in [0, 0.05) is 10.0 Å². The van der Waals surface area contributed by atoms with Crippen molar-refractivity contribution in [1.82, 2.24) is 0 Å². The van der Waals surface area contributed by atoms with Crippen LogP contribution in [-0.4, -0.2) is 11.1 Å². The number of anilines is 2. The second-order valence-electron chi connectivity index (χ2n) is 5.76. The van der Waals surface area contributed by atoms with E-state index in [-0.39, 0.29) is 17.4 Å². The lowest BCUT2D eigenvalue weighted by molar-refractivity contribution is 0.262. The molecule has 0 aromatic heterocycles. The van der Waals surface area contributed by atoms with Crippen LogP contribution < -0.4 is 10.6 Å². The summed E-state index contributed by atoms with van der Waals surface area (Å²) in [5, 5.41) is 24.9. The first-order chi connectivity index (χ1) is 11.4. The van der Waals surface area contributed by atoms with Crippen molar-refractivity contribution in [3.05, 3.63) is 52.0 Å². The lowest BCUT2D eigenvalue weighted by Crippen LogP contribution is -2.20. The van der Waals surface area contributed by atoms with Crippen LogP contribution in [-0.2, 0) is 6.42 Å². The number of amides is 2. The molecule has 0 saturated heterocycles. The maximum Gasteiger partial charge on any atom is 0.323 e. The number of phenols is 1. The first-order valence-electron chi connectivity index (χ1n) is 7.49. The van der Waals surface area contributed by atoms with Crippen molar-refractivity contribution in [1.29, 1.82) is 5.26 Å². The third kappa shape index (κ3) is 4.27. The minimum atomic E-state index is -0.475. The Labute approximate surface area is 149 Å². The molecule has 2 rings (SSSR count). The molecule has 0 atom stereocenters. The SMILES string of the molecule is CC(C)Cc1c(C#N)ccc(NC(=O)Nc2ccccc2Br)c1O. The lowest BCUT2D eigenvalue weighted by atomic mass is 9.96. The summed E-state index contributed by atoms with van der Waals surface area (Å²) in [6.45, 7) is 4.00. The zero-order valence-electron chi connectivity index (χ0n) is 13.4. The summed E-state index contributed by atoms with van der Waals surface area (Å²) in [7, 11) is 0. The minimum absolute atomic E-state index is 0.0648. The number of nitrogens with zero attached hydrogens (tertiary/aromatic N) is 1. The van der Waals surface area contributed by atoms with Crippen molar-refractivity contribution in [2.45, 2.75) is 20.3 Å². The van der Waals surface area contributed by atoms with Crippen LogP contribution in [0.15, 0.2) is 40.9 Å². The number of urea groups is 1. The van der Waals surface area contributed by atoms with Crippen LogP contribution in [0.5, 0.6) is 5.75 Å². The van der Waals surface area contributed by atoms with Crippen molar-refractivity contribution >= 4 is 33.3 Å². The number of aromatic hydroxyl groups is 1. The Morgan fingerprint density at radius 1 is 1.21 bits per heavy atom. The number of para-hydroxylation sites is 1. The molecule has 124 valence electrons. The lowest BCUT2D eigenvalue weighted by Gasteiger charge is -2.15. The van der Waals surface area contributed by atoms with Gasteiger partial charge in [0.15, 0.2) is 0 Å². The van der Waals surface area contributed by atoms with Crippen LogP contribution in [0.25, 0.3) is 0 Å². The number of nitrogens with one attached hydrogen (secondary N) is 2. The number of nitriles is 1. The van der Waals surface area contributed by atoms with E-state index >= 15 is 0 Å². The van der Waals surface area contributed by atoms with Gasteiger partial charge in [-0.25, -0.2) is 4.79 Å². The van der Waals surface area contributed by atoms with Gasteiger partial charge in [-0.1, -0.05) is 26.0 Å². The summed E-state index contributed by atoms with van der Waals surface area (Å²) in [6, 6.07) is 12.0. The van der Waals surface area contributed by atoms with E-state index in [1.807, 2.05) is 26.0 Å². The van der Waals surface area contributed by atoms with Crippen molar-refractivity contribution in [2.75, 3.05) is 10.6 Å². The standard InChI is InChI=1S/C18H18BrN3O2/c1-11(2)9-13-12(10-20)7-8-16(17(13)23)22-18(24)21-15-6-4-3-5-14(15)19/h3-8,11,23H,9H2,1-2H3,(H2,21,22,24). The molecular formula is C18H18BrN3O2. The minimum Gasteiger partial charge on any atom is -0.505 e. The van der Waals surface area contributed by atoms with Crippen LogP contribution in [0.3, 0.4) is 0 Å². The molecule has 3 N–H and O–H groups in total. The van der Waals surface area contributed by atoms with Crippen LogP contribution in [0.1, 0.15) is 25.0 Å². The number of hydrogen-bond acceptors (Lipinski definition) is 3. The zero-order chi connectivity index (χ0) is 17.7. The summed E-state index contributed by atoms with van der Waals surface area (Å²) in [6.07, 6.45) is 0.552. The highest BCUT2D eigenvalue weighted by molar-refractivity contribution is 9.10. The predicted octanol–water partition coefficient (Wildman–Crippen LogP) is 4.87. The predicted molar refractivity (Wildman–Crippen MR) is 98.1 cm³/mol. The Morgan fingerprint density at radius 2 is 1.88 bits per heavy atom. The largest absolute Gasteiger partial charge is 0.505 e. The molecule has 0 unspecified atom stereocenters. The van der Waals surface area contributed by atoms with Gasteiger partial charge < -0.3 is 15.7 Å². The quantitative estimate of drug-likeness (QED) is 0.654. The van der Waals surface area contributed by atoms with Gasteiger partial charge in [-0.3, -0.25) is 0 Å². The van der Waals surface area contributed by atoms with E-state index in [4.69, 9.17) is 0 Å². The Morgan fingerprint density at radius 3 is 2.50 bits per heavy atom. The molecule has 2 amide bonds. The van der Waals surface area contributed by atoms with Crippen LogP contribution >= 0.6 is 15.9 Å². The van der Waals surface area contributed by atoms with E-state index in [9.17, 15) is 15.2 Å². The van der Waals surface area contributed by atoms with E-state index in [1.165, 1.54) is 6.07 Å². The molecule has 0 fully saturated rings. The molecule has 24 heavy (non-hydrogen) atoms. The zero-order valence-corrected chi connectivity index (χ0v) is 15.0. The number of rotatable bonds is 4. The molecular weight excluding hydrogens is 370 g/mol. The number of halogens is 1. The van der Waals surface area contributed by atoms with E-state index < -0.39 is 6.03 Å². The highest BCUT2D eigenvalue weighted by Gasteiger charge is 2.16. The van der Waals surface area contributed by atoms with Crippen LogP contribution in [0.2, 0.25) is 0 Å². The average molecular weight is 388 g/mol. The number of carbonyl (C=O) groups excluding carboxylic acids is 1. The molecule has 2 aromatic carbocycles. The molecule has 0 saturated carbocycles. The monoisotopic (exact) mass is 387 g/mol. The van der Waals surface area contributed by atoms with Gasteiger partial charge in [-0.15, -0.1) is 0 Å². The third-order valence-corrected chi connectivity index (χ3v) is 4.08. The maximum absolute atomic E-state index is 12.2. The molecule has 5 nitrogen and oxygen atoms in total. The van der Waals surface area contributed by atoms with Gasteiger partial charge in [0.1, 0.15) is 5.75 Å². The van der Waals surface area contributed by atoms with Crippen molar-refractivity contribution in [3.63, 3.8) is 0 Å². The van der Waals surface area contributed by atoms with Gasteiger partial charge >= 0.3 is 6.03 Å². The Balaban J connectivity index is 2.22. The number of carbonyl (C=O) groups is 1. The van der Waals surface area contributed by atoms with Gasteiger partial charge in [-0.05, 0) is 52.5 Å². The highest BCUT2D eigenvalue weighted by atomic mass is 79.9. The van der Waals surface area contributed by atoms with Crippen molar-refractivity contribution < 1.29 is 9.90 Å². The fraction of sp³-hybridized carbons (Fsp3) is 0.222. The first-order valence-corrected chi connectivity index (χ1v) is 8.29. The summed E-state index contributed by atoms with van der Waals surface area (Å²) in [5.74, 6) is 0.206. The van der Waals surface area contributed by atoms with Gasteiger partial charge in [0.25, 0.3) is 0 Å². The molecule has 0 bridgehead atoms. The molecule has 0 aliphatic rings. The molecule has 0 radical (unpaired) electrons. The summed E-state index contributed by atoms with van der Waals surface area (Å²) in [4.78, 5) is 12.2. The van der Waals surface area contributed by atoms with Gasteiger partial charge in [0.05, 0.1) is 23.0 Å².